The molecule has 0 spiro atoms. The molecule has 2 aromatic carbocycles. The number of aryl methyl sites for hydroxylation is 1. The van der Waals surface area contributed by atoms with Crippen molar-refractivity contribution in [1.29, 1.82) is 0 Å². The normalized spacial score (nSPS) is 10.6. The van der Waals surface area contributed by atoms with Gasteiger partial charge in [-0.05, 0) is 48.9 Å². The lowest BCUT2D eigenvalue weighted by Gasteiger charge is -2.11. The van der Waals surface area contributed by atoms with E-state index in [0.717, 1.165) is 16.9 Å². The van der Waals surface area contributed by atoms with E-state index in [2.05, 4.69) is 4.98 Å². The quantitative estimate of drug-likeness (QED) is 0.445. The van der Waals surface area contributed by atoms with E-state index in [4.69, 9.17) is 17.0 Å². The molecule has 0 aliphatic carbocycles. The van der Waals surface area contributed by atoms with Gasteiger partial charge in [-0.1, -0.05) is 18.3 Å². The van der Waals surface area contributed by atoms with Gasteiger partial charge in [0.15, 0.2) is 5.78 Å². The Morgan fingerprint density at radius 3 is 2.59 bits per heavy atom. The van der Waals surface area contributed by atoms with Gasteiger partial charge in [0, 0.05) is 29.5 Å². The number of nitrogens with zero attached hydrogens (tertiary/aromatic N) is 2. The number of benzene rings is 2. The minimum absolute atomic E-state index is 0.113. The van der Waals surface area contributed by atoms with Crippen LogP contribution < -0.4 is 4.74 Å². The van der Waals surface area contributed by atoms with Crippen LogP contribution in [0.1, 0.15) is 28.0 Å². The van der Waals surface area contributed by atoms with Gasteiger partial charge >= 0.3 is 0 Å². The SMILES string of the molecule is COc1cc(CC(=S)CC(=O)c2ccc(F)cc2)ccc1-n1cnc(C)c1. The number of ether oxygens (including phenoxy) is 1. The summed E-state index contributed by atoms with van der Waals surface area (Å²) in [6.45, 7) is 1.92. The lowest BCUT2D eigenvalue weighted by atomic mass is 10.0. The number of rotatable bonds is 7. The summed E-state index contributed by atoms with van der Waals surface area (Å²) in [6, 6.07) is 11.3. The first-order valence-electron chi connectivity index (χ1n) is 8.44. The topological polar surface area (TPSA) is 44.1 Å². The molecule has 1 aromatic heterocycles. The number of methoxy groups -OCH3 is 1. The Morgan fingerprint density at radius 1 is 1.22 bits per heavy atom. The van der Waals surface area contributed by atoms with E-state index in [1.165, 1.54) is 24.3 Å². The molecule has 3 rings (SSSR count). The van der Waals surface area contributed by atoms with Crippen LogP contribution in [-0.4, -0.2) is 27.3 Å². The van der Waals surface area contributed by atoms with E-state index in [1.54, 1.807) is 13.4 Å². The number of thiocarbonyl (C=S) groups is 1. The molecule has 0 unspecified atom stereocenters. The Morgan fingerprint density at radius 2 is 1.96 bits per heavy atom. The maximum Gasteiger partial charge on any atom is 0.167 e. The van der Waals surface area contributed by atoms with Crippen LogP contribution in [0.5, 0.6) is 5.75 Å². The predicted molar refractivity (Wildman–Crippen MR) is 107 cm³/mol. The summed E-state index contributed by atoms with van der Waals surface area (Å²) in [5.74, 6) is 0.226. The van der Waals surface area contributed by atoms with Gasteiger partial charge in [0.05, 0.1) is 24.8 Å². The molecule has 0 radical (unpaired) electrons. The average Bonchev–Trinajstić information content (AvgIpc) is 3.08. The fourth-order valence-electron chi connectivity index (χ4n) is 2.81. The van der Waals surface area contributed by atoms with Gasteiger partial charge in [0.1, 0.15) is 11.6 Å². The number of hydrogen-bond acceptors (Lipinski definition) is 4. The second-order valence-electron chi connectivity index (χ2n) is 6.25. The van der Waals surface area contributed by atoms with Gasteiger partial charge in [-0.3, -0.25) is 4.79 Å². The van der Waals surface area contributed by atoms with Crippen molar-refractivity contribution in [2.45, 2.75) is 19.8 Å². The Kier molecular flexibility index (Phi) is 5.76. The smallest absolute Gasteiger partial charge is 0.167 e. The summed E-state index contributed by atoms with van der Waals surface area (Å²) in [4.78, 5) is 17.1. The van der Waals surface area contributed by atoms with Crippen molar-refractivity contribution in [3.8, 4) is 11.4 Å². The molecule has 0 saturated carbocycles. The molecule has 138 valence electrons. The lowest BCUT2D eigenvalue weighted by Crippen LogP contribution is -2.09. The van der Waals surface area contributed by atoms with Crippen molar-refractivity contribution in [1.82, 2.24) is 9.55 Å². The summed E-state index contributed by atoms with van der Waals surface area (Å²) >= 11 is 5.40. The minimum atomic E-state index is -0.366. The van der Waals surface area contributed by atoms with Crippen LogP contribution in [-0.2, 0) is 6.42 Å². The highest BCUT2D eigenvalue weighted by molar-refractivity contribution is 7.80. The molecule has 0 aliphatic heterocycles. The maximum absolute atomic E-state index is 13.0. The van der Waals surface area contributed by atoms with Crippen molar-refractivity contribution in [3.05, 3.63) is 77.6 Å². The highest BCUT2D eigenvalue weighted by Crippen LogP contribution is 2.25. The Bertz CT molecular complexity index is 980. The highest BCUT2D eigenvalue weighted by Gasteiger charge is 2.12. The predicted octanol–water partition coefficient (Wildman–Crippen LogP) is 4.51. The third-order valence-corrected chi connectivity index (χ3v) is 4.45. The van der Waals surface area contributed by atoms with E-state index in [-0.39, 0.29) is 18.0 Å². The van der Waals surface area contributed by atoms with Crippen LogP contribution in [0.3, 0.4) is 0 Å². The summed E-state index contributed by atoms with van der Waals surface area (Å²) in [5, 5.41) is 0. The van der Waals surface area contributed by atoms with E-state index >= 15 is 0 Å². The first kappa shape index (κ1) is 18.9. The second-order valence-corrected chi connectivity index (χ2v) is 6.83. The maximum atomic E-state index is 13.0. The minimum Gasteiger partial charge on any atom is -0.495 e. The zero-order valence-electron chi connectivity index (χ0n) is 15.1. The van der Waals surface area contributed by atoms with Crippen molar-refractivity contribution in [2.24, 2.45) is 0 Å². The number of Topliss-reactive ketones (excluding diaryl/α,β-unsaturated/α-hetero) is 1. The molecule has 4 nitrogen and oxygen atoms in total. The molecular weight excluding hydrogens is 363 g/mol. The average molecular weight is 382 g/mol. The Labute approximate surface area is 162 Å². The third-order valence-electron chi connectivity index (χ3n) is 4.16. The number of imidazole rings is 1. The van der Waals surface area contributed by atoms with Crippen molar-refractivity contribution in [3.63, 3.8) is 0 Å². The number of carbonyl (C=O) groups excluding carboxylic acids is 1. The van der Waals surface area contributed by atoms with Gasteiger partial charge in [-0.2, -0.15) is 0 Å². The second kappa shape index (κ2) is 8.22. The monoisotopic (exact) mass is 382 g/mol. The van der Waals surface area contributed by atoms with Crippen LogP contribution in [0.4, 0.5) is 4.39 Å². The summed E-state index contributed by atoms with van der Waals surface area (Å²) in [7, 11) is 1.61. The van der Waals surface area contributed by atoms with Crippen molar-refractivity contribution >= 4 is 22.9 Å². The Balaban J connectivity index is 1.70. The van der Waals surface area contributed by atoms with E-state index in [9.17, 15) is 9.18 Å². The molecule has 0 bridgehead atoms. The van der Waals surface area contributed by atoms with Crippen molar-refractivity contribution in [2.75, 3.05) is 7.11 Å². The largest absolute Gasteiger partial charge is 0.495 e. The molecular formula is C21H19FN2O2S. The van der Waals surface area contributed by atoms with Gasteiger partial charge in [-0.15, -0.1) is 0 Å². The zero-order valence-corrected chi connectivity index (χ0v) is 15.9. The van der Waals surface area contributed by atoms with Crippen molar-refractivity contribution < 1.29 is 13.9 Å². The van der Waals surface area contributed by atoms with Gasteiger partial charge in [-0.25, -0.2) is 9.37 Å². The molecule has 3 aromatic rings. The molecule has 6 heteroatoms. The van der Waals surface area contributed by atoms with Gasteiger partial charge in [0.2, 0.25) is 0 Å². The number of aromatic nitrogens is 2. The molecule has 0 fully saturated rings. The van der Waals surface area contributed by atoms with Gasteiger partial charge < -0.3 is 9.30 Å². The number of ketones is 1. The number of halogens is 1. The molecule has 0 atom stereocenters. The fraction of sp³-hybridized carbons (Fsp3) is 0.190. The summed E-state index contributed by atoms with van der Waals surface area (Å²) in [6.07, 6.45) is 4.29. The molecule has 0 saturated heterocycles. The first-order valence-corrected chi connectivity index (χ1v) is 8.85. The summed E-state index contributed by atoms with van der Waals surface area (Å²) < 4.78 is 20.4. The molecule has 0 aliphatic rings. The Hall–Kier alpha value is -2.86. The number of hydrogen-bond donors (Lipinski definition) is 0. The molecule has 0 N–H and O–H groups in total. The first-order chi connectivity index (χ1) is 13.0. The van der Waals surface area contributed by atoms with Crippen LogP contribution in [0.15, 0.2) is 55.0 Å². The molecule has 1 heterocycles. The molecule has 27 heavy (non-hydrogen) atoms. The van der Waals surface area contributed by atoms with E-state index < -0.39 is 0 Å². The summed E-state index contributed by atoms with van der Waals surface area (Å²) in [5.41, 5.74) is 3.23. The fourth-order valence-corrected chi connectivity index (χ4v) is 3.10. The van der Waals surface area contributed by atoms with Crippen LogP contribution in [0.2, 0.25) is 0 Å². The zero-order chi connectivity index (χ0) is 19.4. The number of carbonyl (C=O) groups is 1. The lowest BCUT2D eigenvalue weighted by molar-refractivity contribution is 0.100. The van der Waals surface area contributed by atoms with E-state index in [1.807, 2.05) is 35.9 Å². The standard InChI is InChI=1S/C21H19FN2O2S/c1-14-12-24(13-23-14)19-8-3-15(10-21(19)26-2)9-18(27)11-20(25)16-4-6-17(22)7-5-16/h3-8,10,12-13H,9,11H2,1-2H3. The van der Waals surface area contributed by atoms with Crippen LogP contribution >= 0.6 is 12.2 Å². The molecule has 0 amide bonds. The highest BCUT2D eigenvalue weighted by atomic mass is 32.1. The van der Waals surface area contributed by atoms with Gasteiger partial charge in [0.25, 0.3) is 0 Å². The van der Waals surface area contributed by atoms with Crippen LogP contribution in [0.25, 0.3) is 5.69 Å². The third kappa shape index (κ3) is 4.65. The van der Waals surface area contributed by atoms with Crippen LogP contribution in [0, 0.1) is 12.7 Å². The van der Waals surface area contributed by atoms with E-state index in [0.29, 0.717) is 22.6 Å².